The monoisotopic (exact) mass is 1790 g/mol. The van der Waals surface area contributed by atoms with Crippen LogP contribution in [0.15, 0.2) is 278 Å². The molecule has 136 heavy (non-hydrogen) atoms. The first kappa shape index (κ1) is 95.4. The fourth-order valence-electron chi connectivity index (χ4n) is 25.2. The maximum absolute atomic E-state index is 4.38. The number of para-hydroxylation sites is 8. The van der Waals surface area contributed by atoms with Gasteiger partial charge in [-0.25, -0.2) is 19.0 Å². The summed E-state index contributed by atoms with van der Waals surface area (Å²) in [5.41, 5.74) is 47.2. The van der Waals surface area contributed by atoms with Gasteiger partial charge in [0.15, 0.2) is 12.6 Å². The number of benzene rings is 12. The minimum atomic E-state index is -1.80. The molecule has 12 heteroatoms. The van der Waals surface area contributed by atoms with Crippen LogP contribution < -0.4 is 29.2 Å². The number of aryl methyl sites for hydroxylation is 16. The number of hydrogen-bond donors (Lipinski definition) is 0. The van der Waals surface area contributed by atoms with Crippen LogP contribution in [-0.2, 0) is 103 Å². The molecule has 18 rings (SSSR count). The van der Waals surface area contributed by atoms with E-state index in [-0.39, 0.29) is 13.4 Å². The van der Waals surface area contributed by atoms with E-state index in [1.807, 2.05) is 0 Å². The van der Waals surface area contributed by atoms with E-state index < -0.39 is 12.6 Å². The molecule has 12 aromatic rings. The van der Waals surface area contributed by atoms with Crippen molar-refractivity contribution in [2.75, 3.05) is 81.6 Å². The van der Waals surface area contributed by atoms with Crippen LogP contribution in [0, 0.1) is 23.5 Å². The van der Waals surface area contributed by atoms with Crippen molar-refractivity contribution in [3.8, 4) is 23.5 Å². The highest BCUT2D eigenvalue weighted by Gasteiger charge is 2.60. The van der Waals surface area contributed by atoms with Crippen molar-refractivity contribution >= 4 is 93.9 Å². The second-order valence-electron chi connectivity index (χ2n) is 38.2. The van der Waals surface area contributed by atoms with Crippen molar-refractivity contribution in [2.24, 2.45) is 0 Å². The number of anilines is 6. The molecule has 0 aliphatic carbocycles. The molecule has 2 fully saturated rings. The molecule has 0 bridgehead atoms. The smallest absolute Gasteiger partial charge is 0.283 e. The predicted molar refractivity (Wildman–Crippen MR) is 591 cm³/mol. The molecule has 6 aliphatic heterocycles. The summed E-state index contributed by atoms with van der Waals surface area (Å²) >= 11 is 0. The third kappa shape index (κ3) is 17.5. The number of nitrogens with zero attached hydrogens (tertiary/aromatic N) is 8. The number of fused-ring (bicyclic) bond motifs is 2. The van der Waals surface area contributed by atoms with Gasteiger partial charge in [0.05, 0.1) is 0 Å². The molecule has 0 saturated carbocycles. The lowest BCUT2D eigenvalue weighted by Gasteiger charge is -2.59. The number of amidine groups is 2. The zero-order valence-electron chi connectivity index (χ0n) is 84.7. The van der Waals surface area contributed by atoms with Crippen molar-refractivity contribution < 1.29 is 9.15 Å². The maximum Gasteiger partial charge on any atom is 0.283 e. The van der Waals surface area contributed by atoms with Crippen molar-refractivity contribution in [1.82, 2.24) is 0 Å². The van der Waals surface area contributed by atoms with Gasteiger partial charge in [-0.15, -0.1) is 35.5 Å². The Morgan fingerprint density at radius 3 is 0.699 bits per heavy atom. The van der Waals surface area contributed by atoms with Crippen LogP contribution in [0.3, 0.4) is 0 Å². The lowest BCUT2D eigenvalue weighted by molar-refractivity contribution is -0.428. The van der Waals surface area contributed by atoms with E-state index in [4.69, 9.17) is 0 Å². The average molecular weight is 1790 g/mol. The molecule has 0 aromatic heterocycles. The highest BCUT2D eigenvalue weighted by molar-refractivity contribution is 7.22. The van der Waals surface area contributed by atoms with E-state index in [1.165, 1.54) is 179 Å². The van der Waals surface area contributed by atoms with Gasteiger partial charge in [-0.2, -0.15) is 0 Å². The van der Waals surface area contributed by atoms with E-state index in [2.05, 4.69) is 440 Å². The molecule has 8 nitrogen and oxygen atoms in total. The van der Waals surface area contributed by atoms with E-state index in [9.17, 15) is 0 Å². The Morgan fingerprint density at radius 1 is 0.235 bits per heavy atom. The molecule has 12 aromatic carbocycles. The Kier molecular flexibility index (Phi) is 30.1. The molecule has 6 heterocycles. The first-order valence-corrected chi connectivity index (χ1v) is 52.7. The molecule has 0 unspecified atom stereocenters. The molecule has 0 N–H and O–H groups in total. The Labute approximate surface area is 817 Å². The Balaban J connectivity index is 0.000000189. The molecular formula is C124H144B4N8. The Bertz CT molecular complexity index is 6030. The quantitative estimate of drug-likeness (QED) is 0.0275. The van der Waals surface area contributed by atoms with Gasteiger partial charge in [0.1, 0.15) is 48.9 Å². The van der Waals surface area contributed by atoms with Crippen LogP contribution in [-0.4, -0.2) is 99.0 Å². The highest BCUT2D eigenvalue weighted by atomic mass is 15.3. The third-order valence-electron chi connectivity index (χ3n) is 31.4. The van der Waals surface area contributed by atoms with Crippen LogP contribution >= 0.6 is 0 Å². The van der Waals surface area contributed by atoms with Gasteiger partial charge in [-0.3, -0.25) is 11.6 Å². The van der Waals surface area contributed by atoms with Crippen LogP contribution in [0.1, 0.15) is 222 Å². The normalized spacial score (nSPS) is 17.0. The minimum absolute atomic E-state index is 0.0186. The largest absolute Gasteiger partial charge is 0.529 e. The summed E-state index contributed by atoms with van der Waals surface area (Å²) in [5.74, 6) is 16.7. The lowest BCUT2D eigenvalue weighted by atomic mass is 9.23. The molecule has 2 atom stereocenters. The topological polar surface area (TPSA) is 25.5 Å². The molecule has 6 aliphatic rings. The SMILES string of the molecule is CCc1cccc(CC)c1N1CCN(c2c(CC)cccc2CC)[B@-]2(C#Cc3ccccc3)CB(C3=[N+](c4c(CC)cccc4CC)CCN3c3c(CC)cccc3CC)C(c3ccccc3)=C12.CCc1cccc(CC)c1N1CCN(c2c(CC)cccc2CC)[B@@-]2(C#Cc3ccccc3)CB(C3=[N+](c4c(CC)cccc4CC)CCN3c3c(CC)cccc3CC)C(c3ccccc3)=C12. The van der Waals surface area contributed by atoms with Crippen molar-refractivity contribution in [3.63, 3.8) is 0 Å². The van der Waals surface area contributed by atoms with E-state index >= 15 is 0 Å². The Morgan fingerprint density at radius 2 is 0.456 bits per heavy atom. The summed E-state index contributed by atoms with van der Waals surface area (Å²) in [6, 6.07) is 101. The minimum Gasteiger partial charge on any atom is -0.529 e. The summed E-state index contributed by atoms with van der Waals surface area (Å²) in [6.07, 6.45) is 13.7. The van der Waals surface area contributed by atoms with Gasteiger partial charge in [0, 0.05) is 47.0 Å². The average Bonchev–Trinajstić information content (AvgIpc) is 1.52. The van der Waals surface area contributed by atoms with Crippen molar-refractivity contribution in [1.29, 1.82) is 0 Å². The third-order valence-corrected chi connectivity index (χ3v) is 31.4. The van der Waals surface area contributed by atoms with Crippen molar-refractivity contribution in [3.05, 3.63) is 389 Å². The van der Waals surface area contributed by atoms with Crippen LogP contribution in [0.25, 0.3) is 10.9 Å². The van der Waals surface area contributed by atoms with Crippen LogP contribution in [0.5, 0.6) is 0 Å². The molecule has 2 saturated heterocycles. The van der Waals surface area contributed by atoms with E-state index in [1.54, 1.807) is 0 Å². The number of rotatable bonds is 28. The molecular weight excluding hydrogens is 1640 g/mol. The van der Waals surface area contributed by atoms with Gasteiger partial charge >= 0.3 is 0 Å². The van der Waals surface area contributed by atoms with Gasteiger partial charge in [-0.1, -0.05) is 364 Å². The fourth-order valence-corrected chi connectivity index (χ4v) is 25.2. The standard InChI is InChI=1S/2C62H72B2N4/c2*1-9-47-31-23-32-48(10-2)57(47)65-43-44-68(60-53(15-7)37-26-38-54(60)16-8)64(40-39-46-27-19-17-20-28-46)45-63(56(61(64)65)55-29-21-18-22-30-55)62-66(58-49(11-3)33-24-34-50(58)12-4)41-42-67(62)59-51(13-5)35-25-36-52(59)14-6/h2*17-38H,9-16,41-45H2,1-8H3/t2*64-/m10/s1. The first-order valence-electron chi connectivity index (χ1n) is 52.7. The number of hydrogen-bond acceptors (Lipinski definition) is 6. The lowest BCUT2D eigenvalue weighted by Crippen LogP contribution is -2.65. The summed E-state index contributed by atoms with van der Waals surface area (Å²) in [4.78, 5) is 17.1. The van der Waals surface area contributed by atoms with Gasteiger partial charge in [0.2, 0.25) is 11.5 Å². The van der Waals surface area contributed by atoms with E-state index in [0.717, 1.165) is 179 Å². The van der Waals surface area contributed by atoms with Crippen molar-refractivity contribution in [2.45, 2.75) is 226 Å². The summed E-state index contributed by atoms with van der Waals surface area (Å²) < 4.78 is 5.63. The predicted octanol–water partition coefficient (Wildman–Crippen LogP) is 26.8. The summed E-state index contributed by atoms with van der Waals surface area (Å²) in [5, 5.41) is 0. The fraction of sp³-hybridized carbons (Fsp3) is 0.339. The van der Waals surface area contributed by atoms with Gasteiger partial charge < -0.3 is 19.4 Å². The molecule has 0 radical (unpaired) electrons. The maximum atomic E-state index is 4.38. The Hall–Kier alpha value is -12.4. The van der Waals surface area contributed by atoms with Crippen LogP contribution in [0.4, 0.5) is 45.5 Å². The zero-order valence-corrected chi connectivity index (χ0v) is 84.7. The highest BCUT2D eigenvalue weighted by Crippen LogP contribution is 2.55. The molecule has 692 valence electrons. The second-order valence-corrected chi connectivity index (χ2v) is 38.2. The second kappa shape index (κ2) is 42.9. The zero-order chi connectivity index (χ0) is 94.7. The van der Waals surface area contributed by atoms with Gasteiger partial charge in [0.25, 0.3) is 13.4 Å². The first-order chi connectivity index (χ1) is 66.8. The van der Waals surface area contributed by atoms with Crippen LogP contribution in [0.2, 0.25) is 12.4 Å². The summed E-state index contributed by atoms with van der Waals surface area (Å²) in [7, 11) is 0. The molecule has 0 amide bonds. The summed E-state index contributed by atoms with van der Waals surface area (Å²) in [6.45, 7) is 44.7. The van der Waals surface area contributed by atoms with E-state index in [0.29, 0.717) is 0 Å². The molecule has 0 spiro atoms. The van der Waals surface area contributed by atoms with Gasteiger partial charge in [-0.05, 0) is 240 Å².